The van der Waals surface area contributed by atoms with Crippen molar-refractivity contribution in [3.63, 3.8) is 0 Å². The number of benzene rings is 2. The summed E-state index contributed by atoms with van der Waals surface area (Å²) in [5.74, 6) is 3.40. The second-order valence-corrected chi connectivity index (χ2v) is 4.95. The van der Waals surface area contributed by atoms with Gasteiger partial charge in [-0.1, -0.05) is 43.2 Å². The first-order valence-corrected chi connectivity index (χ1v) is 7.06. The van der Waals surface area contributed by atoms with Crippen LogP contribution in [0.5, 0.6) is 5.75 Å². The van der Waals surface area contributed by atoms with E-state index in [9.17, 15) is 0 Å². The Hall–Kier alpha value is -1.69. The van der Waals surface area contributed by atoms with E-state index in [1.54, 1.807) is 0 Å². The lowest BCUT2D eigenvalue weighted by atomic mass is 10.0. The molecule has 0 amide bonds. The maximum absolute atomic E-state index is 5.68. The molecule has 1 atom stereocenters. The van der Waals surface area contributed by atoms with Gasteiger partial charge in [0.1, 0.15) is 12.4 Å². The fourth-order valence-electron chi connectivity index (χ4n) is 2.17. The molecule has 2 aromatic carbocycles. The van der Waals surface area contributed by atoms with Crippen LogP contribution in [0.4, 0.5) is 0 Å². The largest absolute Gasteiger partial charge is 0.481 e. The molecule has 0 radical (unpaired) electrons. The smallest absolute Gasteiger partial charge is 0.148 e. The highest BCUT2D eigenvalue weighted by Gasteiger charge is 2.09. The Labute approximate surface area is 133 Å². The molecular weight excluding hydrogens is 282 g/mol. The molecule has 0 spiro atoms. The molecule has 0 aliphatic carbocycles. The number of nitrogens with one attached hydrogen (secondary N) is 1. The average Bonchev–Trinajstić information content (AvgIpc) is 2.50. The zero-order valence-electron chi connectivity index (χ0n) is 12.6. The van der Waals surface area contributed by atoms with Crippen LogP contribution in [0.25, 0.3) is 10.8 Å². The molecule has 21 heavy (non-hydrogen) atoms. The topological polar surface area (TPSA) is 21.3 Å². The van der Waals surface area contributed by atoms with Crippen molar-refractivity contribution in [2.75, 3.05) is 6.61 Å². The summed E-state index contributed by atoms with van der Waals surface area (Å²) in [6.45, 7) is 5.45. The van der Waals surface area contributed by atoms with Gasteiger partial charge in [0.25, 0.3) is 0 Å². The Morgan fingerprint density at radius 3 is 2.71 bits per heavy atom. The van der Waals surface area contributed by atoms with E-state index in [1.807, 2.05) is 6.07 Å². The van der Waals surface area contributed by atoms with E-state index < -0.39 is 0 Å². The molecule has 2 aromatic rings. The Bertz CT molecular complexity index is 618. The van der Waals surface area contributed by atoms with E-state index in [4.69, 9.17) is 11.2 Å². The summed E-state index contributed by atoms with van der Waals surface area (Å²) < 4.78 is 5.68. The Morgan fingerprint density at radius 1 is 1.24 bits per heavy atom. The second-order valence-electron chi connectivity index (χ2n) is 4.95. The van der Waals surface area contributed by atoms with E-state index >= 15 is 0 Å². The fraction of sp³-hybridized carbons (Fsp3) is 0.333. The molecule has 1 N–H and O–H groups in total. The van der Waals surface area contributed by atoms with E-state index in [2.05, 4.69) is 55.4 Å². The summed E-state index contributed by atoms with van der Waals surface area (Å²) in [5.41, 5.74) is 1.18. The van der Waals surface area contributed by atoms with Crippen LogP contribution in [0.1, 0.15) is 25.8 Å². The number of hydrogen-bond donors (Lipinski definition) is 1. The van der Waals surface area contributed by atoms with Crippen LogP contribution >= 0.6 is 12.4 Å². The number of ether oxygens (including phenoxy) is 1. The van der Waals surface area contributed by atoms with Crippen molar-refractivity contribution in [2.45, 2.75) is 32.9 Å². The minimum atomic E-state index is 0. The zero-order valence-corrected chi connectivity index (χ0v) is 13.4. The lowest BCUT2D eigenvalue weighted by Crippen LogP contribution is -2.24. The molecule has 0 fully saturated rings. The van der Waals surface area contributed by atoms with Crippen LogP contribution in [0.2, 0.25) is 0 Å². The first kappa shape index (κ1) is 17.4. The molecule has 0 bridgehead atoms. The zero-order chi connectivity index (χ0) is 14.4. The standard InChI is InChI=1S/C18H21NO.ClH/c1-4-12-20-18-11-10-15-8-6-7-9-16(15)17(18)13-19-14(3)5-2;/h1,6-11,14,19H,5,12-13H2,2-3H3;1H. The fourth-order valence-corrected chi connectivity index (χ4v) is 2.17. The number of rotatable bonds is 6. The van der Waals surface area contributed by atoms with Gasteiger partial charge in [-0.05, 0) is 30.2 Å². The number of halogens is 1. The molecule has 0 saturated heterocycles. The molecule has 0 aliphatic rings. The van der Waals surface area contributed by atoms with E-state index in [0.29, 0.717) is 12.6 Å². The highest BCUT2D eigenvalue weighted by molar-refractivity contribution is 5.87. The van der Waals surface area contributed by atoms with Gasteiger partial charge in [-0.15, -0.1) is 18.8 Å². The lowest BCUT2D eigenvalue weighted by molar-refractivity contribution is 0.364. The molecule has 0 saturated carbocycles. The van der Waals surface area contributed by atoms with E-state index in [-0.39, 0.29) is 12.4 Å². The predicted octanol–water partition coefficient (Wildman–Crippen LogP) is 4.16. The van der Waals surface area contributed by atoms with Crippen molar-refractivity contribution >= 4 is 23.2 Å². The van der Waals surface area contributed by atoms with Crippen LogP contribution in [0, 0.1) is 12.3 Å². The van der Waals surface area contributed by atoms with Crippen LogP contribution in [-0.4, -0.2) is 12.6 Å². The van der Waals surface area contributed by atoms with Crippen molar-refractivity contribution < 1.29 is 4.74 Å². The molecule has 2 nitrogen and oxygen atoms in total. The normalized spacial score (nSPS) is 11.5. The number of fused-ring (bicyclic) bond motifs is 1. The molecule has 3 heteroatoms. The Morgan fingerprint density at radius 2 is 2.00 bits per heavy atom. The predicted molar refractivity (Wildman–Crippen MR) is 92.1 cm³/mol. The Balaban J connectivity index is 0.00000220. The third-order valence-corrected chi connectivity index (χ3v) is 3.55. The van der Waals surface area contributed by atoms with Gasteiger partial charge in [-0.25, -0.2) is 0 Å². The van der Waals surface area contributed by atoms with Gasteiger partial charge in [-0.3, -0.25) is 0 Å². The van der Waals surface area contributed by atoms with Gasteiger partial charge in [-0.2, -0.15) is 0 Å². The Kier molecular flexibility index (Phi) is 7.08. The van der Waals surface area contributed by atoms with E-state index in [0.717, 1.165) is 18.7 Å². The third-order valence-electron chi connectivity index (χ3n) is 3.55. The summed E-state index contributed by atoms with van der Waals surface area (Å²) in [7, 11) is 0. The maximum Gasteiger partial charge on any atom is 0.148 e. The van der Waals surface area contributed by atoms with Gasteiger partial charge in [0.15, 0.2) is 0 Å². The van der Waals surface area contributed by atoms with Crippen molar-refractivity contribution in [3.05, 3.63) is 42.0 Å². The molecule has 2 rings (SSSR count). The van der Waals surface area contributed by atoms with Gasteiger partial charge in [0.2, 0.25) is 0 Å². The van der Waals surface area contributed by atoms with Crippen LogP contribution in [0.3, 0.4) is 0 Å². The summed E-state index contributed by atoms with van der Waals surface area (Å²) in [6.07, 6.45) is 6.39. The van der Waals surface area contributed by atoms with E-state index in [1.165, 1.54) is 16.3 Å². The van der Waals surface area contributed by atoms with Crippen molar-refractivity contribution in [3.8, 4) is 18.1 Å². The van der Waals surface area contributed by atoms with Gasteiger partial charge < -0.3 is 10.1 Å². The van der Waals surface area contributed by atoms with Crippen molar-refractivity contribution in [1.29, 1.82) is 0 Å². The SMILES string of the molecule is C#CCOc1ccc2ccccc2c1CNC(C)CC.Cl. The molecule has 112 valence electrons. The highest BCUT2D eigenvalue weighted by atomic mass is 35.5. The summed E-state index contributed by atoms with van der Waals surface area (Å²) in [4.78, 5) is 0. The van der Waals surface area contributed by atoms with Crippen LogP contribution in [0.15, 0.2) is 36.4 Å². The molecule has 0 heterocycles. The quantitative estimate of drug-likeness (QED) is 0.809. The van der Waals surface area contributed by atoms with Crippen LogP contribution in [-0.2, 0) is 6.54 Å². The lowest BCUT2D eigenvalue weighted by Gasteiger charge is -2.16. The maximum atomic E-state index is 5.68. The third kappa shape index (κ3) is 4.39. The number of hydrogen-bond acceptors (Lipinski definition) is 2. The molecule has 0 aliphatic heterocycles. The molecular formula is C18H22ClNO. The van der Waals surface area contributed by atoms with Crippen molar-refractivity contribution in [1.82, 2.24) is 5.32 Å². The second kappa shape index (κ2) is 8.56. The van der Waals surface area contributed by atoms with Crippen molar-refractivity contribution in [2.24, 2.45) is 0 Å². The van der Waals surface area contributed by atoms with Gasteiger partial charge in [0, 0.05) is 18.2 Å². The highest BCUT2D eigenvalue weighted by Crippen LogP contribution is 2.28. The monoisotopic (exact) mass is 303 g/mol. The summed E-state index contributed by atoms with van der Waals surface area (Å²) >= 11 is 0. The van der Waals surface area contributed by atoms with Gasteiger partial charge in [0.05, 0.1) is 0 Å². The minimum absolute atomic E-state index is 0. The first-order valence-electron chi connectivity index (χ1n) is 7.06. The average molecular weight is 304 g/mol. The number of terminal acetylenes is 1. The van der Waals surface area contributed by atoms with Gasteiger partial charge >= 0.3 is 0 Å². The summed E-state index contributed by atoms with van der Waals surface area (Å²) in [6, 6.07) is 12.9. The van der Waals surface area contributed by atoms with Crippen LogP contribution < -0.4 is 10.1 Å². The molecule has 0 aromatic heterocycles. The minimum Gasteiger partial charge on any atom is -0.481 e. The molecule has 1 unspecified atom stereocenters. The summed E-state index contributed by atoms with van der Waals surface area (Å²) in [5, 5.41) is 5.97. The first-order chi connectivity index (χ1) is 9.76.